The van der Waals surface area contributed by atoms with Gasteiger partial charge in [0.05, 0.1) is 6.20 Å². The Bertz CT molecular complexity index is 865. The highest BCUT2D eigenvalue weighted by molar-refractivity contribution is 6.30. The Kier molecular flexibility index (Phi) is 5.29. The second-order valence-electron chi connectivity index (χ2n) is 6.28. The van der Waals surface area contributed by atoms with Crippen molar-refractivity contribution in [1.29, 1.82) is 0 Å². The van der Waals surface area contributed by atoms with Crippen molar-refractivity contribution in [3.05, 3.63) is 65.4 Å². The van der Waals surface area contributed by atoms with Crippen LogP contribution in [0.3, 0.4) is 0 Å². The van der Waals surface area contributed by atoms with Crippen molar-refractivity contribution in [2.75, 3.05) is 41.3 Å². The highest BCUT2D eigenvalue weighted by atomic mass is 35.5. The Morgan fingerprint density at radius 1 is 0.963 bits per heavy atom. The Hall–Kier alpha value is -2.93. The van der Waals surface area contributed by atoms with Crippen LogP contribution in [0.4, 0.5) is 17.6 Å². The van der Waals surface area contributed by atoms with Gasteiger partial charge in [-0.15, -0.1) is 5.10 Å². The first-order valence-electron chi connectivity index (χ1n) is 8.87. The van der Waals surface area contributed by atoms with Crippen LogP contribution in [0.25, 0.3) is 0 Å². The highest BCUT2D eigenvalue weighted by Crippen LogP contribution is 2.17. The number of pyridine rings is 1. The van der Waals surface area contributed by atoms with Gasteiger partial charge in [0.15, 0.2) is 5.82 Å². The summed E-state index contributed by atoms with van der Waals surface area (Å²) in [5.74, 6) is 2.37. The lowest BCUT2D eigenvalue weighted by molar-refractivity contribution is 0.630. The van der Waals surface area contributed by atoms with E-state index in [4.69, 9.17) is 11.6 Å². The van der Waals surface area contributed by atoms with Gasteiger partial charge in [-0.2, -0.15) is 10.1 Å². The van der Waals surface area contributed by atoms with Gasteiger partial charge in [0, 0.05) is 43.9 Å². The number of hydrogen-bond donors (Lipinski definition) is 1. The van der Waals surface area contributed by atoms with E-state index in [0.29, 0.717) is 18.3 Å². The lowest BCUT2D eigenvalue weighted by Gasteiger charge is -2.35. The molecular formula is C19H20ClN7. The van der Waals surface area contributed by atoms with Gasteiger partial charge in [0.2, 0.25) is 5.95 Å². The third-order valence-corrected chi connectivity index (χ3v) is 4.72. The van der Waals surface area contributed by atoms with E-state index in [2.05, 4.69) is 35.3 Å². The average molecular weight is 382 g/mol. The molecule has 7 nitrogen and oxygen atoms in total. The number of rotatable bonds is 5. The van der Waals surface area contributed by atoms with Crippen molar-refractivity contribution in [2.24, 2.45) is 0 Å². The average Bonchev–Trinajstić information content (AvgIpc) is 2.74. The number of anilines is 3. The smallest absolute Gasteiger partial charge is 0.247 e. The Balaban J connectivity index is 1.36. The van der Waals surface area contributed by atoms with Crippen molar-refractivity contribution in [3.8, 4) is 0 Å². The molecule has 1 N–H and O–H groups in total. The van der Waals surface area contributed by atoms with Crippen molar-refractivity contribution in [1.82, 2.24) is 20.2 Å². The van der Waals surface area contributed by atoms with Gasteiger partial charge in [-0.1, -0.05) is 29.8 Å². The molecule has 0 atom stereocenters. The molecule has 2 aromatic heterocycles. The van der Waals surface area contributed by atoms with Crippen molar-refractivity contribution in [3.63, 3.8) is 0 Å². The molecule has 0 radical (unpaired) electrons. The quantitative estimate of drug-likeness (QED) is 0.728. The van der Waals surface area contributed by atoms with Gasteiger partial charge in [-0.25, -0.2) is 4.98 Å². The first-order valence-corrected chi connectivity index (χ1v) is 9.25. The summed E-state index contributed by atoms with van der Waals surface area (Å²) in [6.45, 7) is 4.08. The molecule has 1 aliphatic heterocycles. The zero-order valence-corrected chi connectivity index (χ0v) is 15.5. The predicted molar refractivity (Wildman–Crippen MR) is 107 cm³/mol. The van der Waals surface area contributed by atoms with E-state index < -0.39 is 0 Å². The third-order valence-electron chi connectivity index (χ3n) is 4.47. The van der Waals surface area contributed by atoms with Crippen molar-refractivity contribution < 1.29 is 0 Å². The summed E-state index contributed by atoms with van der Waals surface area (Å²) in [5.41, 5.74) is 1.13. The van der Waals surface area contributed by atoms with Crippen LogP contribution in [-0.2, 0) is 6.54 Å². The first kappa shape index (κ1) is 17.5. The molecule has 1 fully saturated rings. The van der Waals surface area contributed by atoms with Crippen LogP contribution < -0.4 is 15.1 Å². The maximum absolute atomic E-state index is 5.92. The summed E-state index contributed by atoms with van der Waals surface area (Å²) in [7, 11) is 0. The third kappa shape index (κ3) is 4.43. The monoisotopic (exact) mass is 381 g/mol. The molecule has 1 aromatic carbocycles. The summed E-state index contributed by atoms with van der Waals surface area (Å²) >= 11 is 5.92. The Labute approximate surface area is 163 Å². The second kappa shape index (κ2) is 8.18. The summed E-state index contributed by atoms with van der Waals surface area (Å²) in [4.78, 5) is 13.4. The molecule has 138 valence electrons. The molecule has 8 heteroatoms. The molecule has 1 aliphatic rings. The van der Waals surface area contributed by atoms with E-state index in [1.54, 1.807) is 6.20 Å². The number of hydrogen-bond acceptors (Lipinski definition) is 7. The van der Waals surface area contributed by atoms with Crippen LogP contribution in [0.5, 0.6) is 0 Å². The Morgan fingerprint density at radius 3 is 2.48 bits per heavy atom. The molecule has 3 heterocycles. The minimum absolute atomic E-state index is 0.650. The van der Waals surface area contributed by atoms with Crippen LogP contribution in [0.1, 0.15) is 5.56 Å². The molecule has 0 bridgehead atoms. The van der Waals surface area contributed by atoms with Crippen LogP contribution >= 0.6 is 11.6 Å². The maximum atomic E-state index is 5.92. The van der Waals surface area contributed by atoms with E-state index >= 15 is 0 Å². The van der Waals surface area contributed by atoms with E-state index in [-0.39, 0.29) is 0 Å². The fourth-order valence-corrected chi connectivity index (χ4v) is 3.11. The summed E-state index contributed by atoms with van der Waals surface area (Å²) in [5, 5.41) is 12.3. The number of piperazine rings is 1. The number of benzene rings is 1. The fraction of sp³-hybridized carbons (Fsp3) is 0.263. The van der Waals surface area contributed by atoms with E-state index in [0.717, 1.165) is 42.6 Å². The molecule has 0 saturated carbocycles. The largest absolute Gasteiger partial charge is 0.365 e. The summed E-state index contributed by atoms with van der Waals surface area (Å²) in [6, 6.07) is 13.7. The van der Waals surface area contributed by atoms with Gasteiger partial charge < -0.3 is 15.1 Å². The van der Waals surface area contributed by atoms with Crippen LogP contribution in [-0.4, -0.2) is 46.3 Å². The van der Waals surface area contributed by atoms with E-state index in [1.165, 1.54) is 0 Å². The van der Waals surface area contributed by atoms with Crippen LogP contribution in [0.15, 0.2) is 54.9 Å². The van der Waals surface area contributed by atoms with Gasteiger partial charge in [-0.3, -0.25) is 0 Å². The van der Waals surface area contributed by atoms with E-state index in [1.807, 2.05) is 48.7 Å². The van der Waals surface area contributed by atoms with Gasteiger partial charge in [-0.05, 0) is 29.8 Å². The minimum atomic E-state index is 0.650. The maximum Gasteiger partial charge on any atom is 0.247 e. The van der Waals surface area contributed by atoms with Gasteiger partial charge in [0.25, 0.3) is 0 Å². The molecule has 27 heavy (non-hydrogen) atoms. The van der Waals surface area contributed by atoms with Crippen LogP contribution in [0, 0.1) is 0 Å². The molecule has 0 spiro atoms. The number of aromatic nitrogens is 4. The van der Waals surface area contributed by atoms with Crippen LogP contribution in [0.2, 0.25) is 5.02 Å². The van der Waals surface area contributed by atoms with Gasteiger partial charge >= 0.3 is 0 Å². The molecule has 0 unspecified atom stereocenters. The number of nitrogens with zero attached hydrogens (tertiary/aromatic N) is 6. The van der Waals surface area contributed by atoms with Gasteiger partial charge in [0.1, 0.15) is 5.82 Å². The number of halogens is 1. The molecule has 0 aliphatic carbocycles. The summed E-state index contributed by atoms with van der Waals surface area (Å²) in [6.07, 6.45) is 3.47. The van der Waals surface area contributed by atoms with Crippen molar-refractivity contribution in [2.45, 2.75) is 6.54 Å². The van der Waals surface area contributed by atoms with Crippen molar-refractivity contribution >= 4 is 29.2 Å². The molecule has 3 aromatic rings. The SMILES string of the molecule is Clc1ccc(CNc2cnnc(N3CCN(c4ccccn4)CC3)n2)cc1. The molecule has 0 amide bonds. The fourth-order valence-electron chi connectivity index (χ4n) is 2.98. The highest BCUT2D eigenvalue weighted by Gasteiger charge is 2.20. The standard InChI is InChI=1S/C19H20ClN7/c20-16-6-4-15(5-7-16)13-22-17-14-23-25-19(24-17)27-11-9-26(10-12-27)18-3-1-2-8-21-18/h1-8,14H,9-13H2,(H,22,24,25). The lowest BCUT2D eigenvalue weighted by atomic mass is 10.2. The first-order chi connectivity index (χ1) is 13.3. The summed E-state index contributed by atoms with van der Waals surface area (Å²) < 4.78 is 0. The minimum Gasteiger partial charge on any atom is -0.365 e. The normalized spacial score (nSPS) is 14.3. The molecular weight excluding hydrogens is 362 g/mol. The predicted octanol–water partition coefficient (Wildman–Crippen LogP) is 2.86. The Morgan fingerprint density at radius 2 is 1.74 bits per heavy atom. The lowest BCUT2D eigenvalue weighted by Crippen LogP contribution is -2.47. The molecule has 4 rings (SSSR count). The topological polar surface area (TPSA) is 70.1 Å². The van der Waals surface area contributed by atoms with E-state index in [9.17, 15) is 0 Å². The second-order valence-corrected chi connectivity index (χ2v) is 6.72. The molecule has 1 saturated heterocycles. The number of nitrogens with one attached hydrogen (secondary N) is 1. The zero-order chi connectivity index (χ0) is 18.5. The zero-order valence-electron chi connectivity index (χ0n) is 14.8.